The van der Waals surface area contributed by atoms with Crippen LogP contribution >= 0.6 is 0 Å². The summed E-state index contributed by atoms with van der Waals surface area (Å²) >= 11 is 0. The van der Waals surface area contributed by atoms with E-state index in [1.807, 2.05) is 24.3 Å². The lowest BCUT2D eigenvalue weighted by molar-refractivity contribution is -0.117. The molecule has 1 aliphatic rings. The van der Waals surface area contributed by atoms with Crippen LogP contribution in [0.1, 0.15) is 25.3 Å². The third-order valence-corrected chi connectivity index (χ3v) is 2.79. The van der Waals surface area contributed by atoms with Crippen molar-refractivity contribution >= 4 is 17.7 Å². The van der Waals surface area contributed by atoms with Crippen LogP contribution in [-0.2, 0) is 4.79 Å². The van der Waals surface area contributed by atoms with Crippen LogP contribution in [0.25, 0.3) is 6.08 Å². The van der Waals surface area contributed by atoms with Gasteiger partial charge >= 0.3 is 0 Å². The second-order valence-corrected chi connectivity index (χ2v) is 4.55. The molecule has 16 heavy (non-hydrogen) atoms. The molecule has 1 aliphatic carbocycles. The lowest BCUT2D eigenvalue weighted by atomic mass is 10.2. The first kappa shape index (κ1) is 10.7. The molecule has 0 radical (unpaired) electrons. The van der Waals surface area contributed by atoms with Gasteiger partial charge in [0.2, 0.25) is 5.91 Å². The van der Waals surface area contributed by atoms with Gasteiger partial charge < -0.3 is 11.1 Å². The van der Waals surface area contributed by atoms with Crippen LogP contribution < -0.4 is 11.1 Å². The minimum atomic E-state index is -0.0307. The van der Waals surface area contributed by atoms with E-state index in [-0.39, 0.29) is 11.4 Å². The van der Waals surface area contributed by atoms with Crippen LogP contribution in [0, 0.1) is 0 Å². The van der Waals surface area contributed by atoms with E-state index in [9.17, 15) is 4.79 Å². The molecule has 0 bridgehead atoms. The highest BCUT2D eigenvalue weighted by atomic mass is 16.1. The van der Waals surface area contributed by atoms with E-state index in [0.717, 1.165) is 24.1 Å². The molecule has 1 aromatic rings. The van der Waals surface area contributed by atoms with Gasteiger partial charge in [0.15, 0.2) is 0 Å². The molecule has 0 saturated heterocycles. The van der Waals surface area contributed by atoms with Crippen LogP contribution in [0.4, 0.5) is 5.69 Å². The summed E-state index contributed by atoms with van der Waals surface area (Å²) in [5.41, 5.74) is 7.32. The normalized spacial score (nSPS) is 17.3. The SMILES string of the molecule is CC1(NC(=O)/C=C/c2ccc(N)cc2)CC1. The van der Waals surface area contributed by atoms with Gasteiger partial charge in [-0.1, -0.05) is 12.1 Å². The molecule has 0 atom stereocenters. The molecule has 2 rings (SSSR count). The van der Waals surface area contributed by atoms with Crippen LogP contribution in [0.2, 0.25) is 0 Å². The van der Waals surface area contributed by atoms with Crippen molar-refractivity contribution in [1.29, 1.82) is 0 Å². The van der Waals surface area contributed by atoms with Gasteiger partial charge in [-0.2, -0.15) is 0 Å². The van der Waals surface area contributed by atoms with Crippen LogP contribution in [-0.4, -0.2) is 11.4 Å². The Morgan fingerprint density at radius 3 is 2.56 bits per heavy atom. The fraction of sp³-hybridized carbons (Fsp3) is 0.308. The smallest absolute Gasteiger partial charge is 0.244 e. The molecule has 1 fully saturated rings. The molecule has 0 aliphatic heterocycles. The summed E-state index contributed by atoms with van der Waals surface area (Å²) in [7, 11) is 0. The Balaban J connectivity index is 1.93. The number of carbonyl (C=O) groups excluding carboxylic acids is 1. The Hall–Kier alpha value is -1.77. The van der Waals surface area contributed by atoms with Gasteiger partial charge in [0.1, 0.15) is 0 Å². The Bertz CT molecular complexity index is 416. The summed E-state index contributed by atoms with van der Waals surface area (Å²) in [5.74, 6) is -0.0307. The molecule has 3 heteroatoms. The Labute approximate surface area is 95.3 Å². The molecule has 3 nitrogen and oxygen atoms in total. The van der Waals surface area contributed by atoms with Crippen molar-refractivity contribution in [3.63, 3.8) is 0 Å². The van der Waals surface area contributed by atoms with Gasteiger partial charge in [0.05, 0.1) is 0 Å². The van der Waals surface area contributed by atoms with Gasteiger partial charge in [0, 0.05) is 17.3 Å². The van der Waals surface area contributed by atoms with Gasteiger partial charge in [-0.25, -0.2) is 0 Å². The lowest BCUT2D eigenvalue weighted by Gasteiger charge is -2.08. The number of nitrogen functional groups attached to an aromatic ring is 1. The minimum Gasteiger partial charge on any atom is -0.399 e. The van der Waals surface area contributed by atoms with E-state index in [2.05, 4.69) is 12.2 Å². The summed E-state index contributed by atoms with van der Waals surface area (Å²) in [6, 6.07) is 7.41. The van der Waals surface area contributed by atoms with E-state index in [1.165, 1.54) is 0 Å². The van der Waals surface area contributed by atoms with Crippen molar-refractivity contribution in [1.82, 2.24) is 5.32 Å². The number of anilines is 1. The minimum absolute atomic E-state index is 0.0307. The highest BCUT2D eigenvalue weighted by Crippen LogP contribution is 2.34. The van der Waals surface area contributed by atoms with Crippen LogP contribution in [0.3, 0.4) is 0 Å². The third kappa shape index (κ3) is 2.86. The maximum Gasteiger partial charge on any atom is 0.244 e. The van der Waals surface area contributed by atoms with Gasteiger partial charge in [-0.15, -0.1) is 0 Å². The molecular weight excluding hydrogens is 200 g/mol. The van der Waals surface area contributed by atoms with Crippen molar-refractivity contribution in [3.05, 3.63) is 35.9 Å². The van der Waals surface area contributed by atoms with Crippen molar-refractivity contribution in [3.8, 4) is 0 Å². The summed E-state index contributed by atoms with van der Waals surface area (Å²) in [4.78, 5) is 11.5. The molecular formula is C13H16N2O. The van der Waals surface area contributed by atoms with Crippen LogP contribution in [0.15, 0.2) is 30.3 Å². The van der Waals surface area contributed by atoms with Crippen molar-refractivity contribution in [2.24, 2.45) is 0 Å². The molecule has 84 valence electrons. The third-order valence-electron chi connectivity index (χ3n) is 2.79. The molecule has 0 unspecified atom stereocenters. The maximum absolute atomic E-state index is 11.5. The average Bonchev–Trinajstić information content (AvgIpc) is 2.95. The van der Waals surface area contributed by atoms with Gasteiger partial charge in [-0.05, 0) is 43.5 Å². The predicted octanol–water partition coefficient (Wildman–Crippen LogP) is 1.95. The molecule has 1 amide bonds. The standard InChI is InChI=1S/C13H16N2O/c1-13(8-9-13)15-12(16)7-4-10-2-5-11(14)6-3-10/h2-7H,8-9,14H2,1H3,(H,15,16)/b7-4+. The number of benzene rings is 1. The monoisotopic (exact) mass is 216 g/mol. The van der Waals surface area contributed by atoms with Crippen LogP contribution in [0.5, 0.6) is 0 Å². The van der Waals surface area contributed by atoms with E-state index < -0.39 is 0 Å². The summed E-state index contributed by atoms with van der Waals surface area (Å²) in [6.07, 6.45) is 5.51. The topological polar surface area (TPSA) is 55.1 Å². The zero-order valence-electron chi connectivity index (χ0n) is 9.36. The summed E-state index contributed by atoms with van der Waals surface area (Å²) in [6.45, 7) is 2.06. The van der Waals surface area contributed by atoms with Gasteiger partial charge in [-0.3, -0.25) is 4.79 Å². The quantitative estimate of drug-likeness (QED) is 0.599. The van der Waals surface area contributed by atoms with E-state index in [4.69, 9.17) is 5.73 Å². The number of nitrogens with two attached hydrogens (primary N) is 1. The van der Waals surface area contributed by atoms with E-state index in [0.29, 0.717) is 0 Å². The predicted molar refractivity (Wildman–Crippen MR) is 65.7 cm³/mol. The fourth-order valence-corrected chi connectivity index (χ4v) is 1.43. The zero-order chi connectivity index (χ0) is 11.6. The van der Waals surface area contributed by atoms with Crippen molar-refractivity contribution < 1.29 is 4.79 Å². The molecule has 0 spiro atoms. The highest BCUT2D eigenvalue weighted by molar-refractivity contribution is 5.92. The average molecular weight is 216 g/mol. The lowest BCUT2D eigenvalue weighted by Crippen LogP contribution is -2.32. The van der Waals surface area contributed by atoms with Crippen molar-refractivity contribution in [2.75, 3.05) is 5.73 Å². The Morgan fingerprint density at radius 1 is 1.38 bits per heavy atom. The number of amides is 1. The number of carbonyl (C=O) groups is 1. The first-order valence-corrected chi connectivity index (χ1v) is 5.43. The first-order valence-electron chi connectivity index (χ1n) is 5.43. The Kier molecular flexibility index (Phi) is 2.69. The molecule has 1 saturated carbocycles. The highest BCUT2D eigenvalue weighted by Gasteiger charge is 2.38. The number of rotatable bonds is 3. The number of hydrogen-bond acceptors (Lipinski definition) is 2. The number of nitrogens with one attached hydrogen (secondary N) is 1. The molecule has 0 aromatic heterocycles. The molecule has 0 heterocycles. The van der Waals surface area contributed by atoms with E-state index >= 15 is 0 Å². The number of hydrogen-bond donors (Lipinski definition) is 2. The molecule has 3 N–H and O–H groups in total. The summed E-state index contributed by atoms with van der Waals surface area (Å²) < 4.78 is 0. The second kappa shape index (κ2) is 4.00. The fourth-order valence-electron chi connectivity index (χ4n) is 1.43. The molecule has 1 aromatic carbocycles. The van der Waals surface area contributed by atoms with Gasteiger partial charge in [0.25, 0.3) is 0 Å². The largest absolute Gasteiger partial charge is 0.399 e. The maximum atomic E-state index is 11.5. The summed E-state index contributed by atoms with van der Waals surface area (Å²) in [5, 5.41) is 2.96. The van der Waals surface area contributed by atoms with E-state index in [1.54, 1.807) is 12.2 Å². The first-order chi connectivity index (χ1) is 7.57. The Morgan fingerprint density at radius 2 is 2.00 bits per heavy atom. The second-order valence-electron chi connectivity index (χ2n) is 4.55. The van der Waals surface area contributed by atoms with Crippen molar-refractivity contribution in [2.45, 2.75) is 25.3 Å². The zero-order valence-corrected chi connectivity index (χ0v) is 9.36.